The Kier molecular flexibility index (Phi) is 5.46. The van der Waals surface area contributed by atoms with Gasteiger partial charge in [0, 0.05) is 31.5 Å². The number of benzene rings is 1. The van der Waals surface area contributed by atoms with Crippen molar-refractivity contribution in [3.05, 3.63) is 59.4 Å². The maximum absolute atomic E-state index is 12.3. The summed E-state index contributed by atoms with van der Waals surface area (Å²) in [5.74, 6) is -0.359. The first-order valence-electron chi connectivity index (χ1n) is 7.47. The van der Waals surface area contributed by atoms with Crippen molar-refractivity contribution in [1.82, 2.24) is 9.88 Å². The van der Waals surface area contributed by atoms with E-state index in [2.05, 4.69) is 10.3 Å². The fourth-order valence-corrected chi connectivity index (χ4v) is 2.22. The Hall–Kier alpha value is -2.69. The summed E-state index contributed by atoms with van der Waals surface area (Å²) in [5, 5.41) is 2.87. The van der Waals surface area contributed by atoms with Gasteiger partial charge in [0.2, 0.25) is 11.8 Å². The van der Waals surface area contributed by atoms with E-state index in [4.69, 9.17) is 0 Å². The van der Waals surface area contributed by atoms with Gasteiger partial charge in [0.1, 0.15) is 6.54 Å². The molecule has 0 atom stereocenters. The van der Waals surface area contributed by atoms with Crippen molar-refractivity contribution in [3.63, 3.8) is 0 Å². The van der Waals surface area contributed by atoms with E-state index in [1.807, 2.05) is 44.2 Å². The van der Waals surface area contributed by atoms with Gasteiger partial charge in [0.05, 0.1) is 0 Å². The molecular formula is C18H21N3O2. The minimum Gasteiger partial charge on any atom is -0.329 e. The molecule has 2 aromatic rings. The summed E-state index contributed by atoms with van der Waals surface area (Å²) in [4.78, 5) is 29.6. The number of hydrogen-bond acceptors (Lipinski definition) is 3. The van der Waals surface area contributed by atoms with Gasteiger partial charge in [-0.25, -0.2) is 0 Å². The van der Waals surface area contributed by atoms with Crippen molar-refractivity contribution in [1.29, 1.82) is 0 Å². The predicted octanol–water partition coefficient (Wildman–Crippen LogP) is 2.69. The van der Waals surface area contributed by atoms with Gasteiger partial charge in [-0.1, -0.05) is 18.2 Å². The Morgan fingerprint density at radius 2 is 2.00 bits per heavy atom. The fourth-order valence-electron chi connectivity index (χ4n) is 2.22. The summed E-state index contributed by atoms with van der Waals surface area (Å²) in [7, 11) is 0. The molecule has 0 saturated heterocycles. The monoisotopic (exact) mass is 311 g/mol. The Bertz CT molecular complexity index is 699. The molecule has 2 amide bonds. The van der Waals surface area contributed by atoms with Crippen LogP contribution in [0.3, 0.4) is 0 Å². The second kappa shape index (κ2) is 7.54. The molecule has 0 aliphatic heterocycles. The van der Waals surface area contributed by atoms with E-state index in [-0.39, 0.29) is 18.4 Å². The van der Waals surface area contributed by atoms with Crippen LogP contribution in [0.1, 0.15) is 23.6 Å². The van der Waals surface area contributed by atoms with E-state index in [0.717, 1.165) is 22.4 Å². The summed E-state index contributed by atoms with van der Waals surface area (Å²) in [6, 6.07) is 9.57. The lowest BCUT2D eigenvalue weighted by Crippen LogP contribution is -2.36. The number of amides is 2. The Balaban J connectivity index is 2.03. The van der Waals surface area contributed by atoms with Gasteiger partial charge in [-0.05, 0) is 42.7 Å². The van der Waals surface area contributed by atoms with E-state index < -0.39 is 0 Å². The third-order valence-electron chi connectivity index (χ3n) is 3.54. The molecular weight excluding hydrogens is 290 g/mol. The molecule has 0 unspecified atom stereocenters. The molecule has 0 spiro atoms. The standard InChI is InChI=1S/C18H21N3O2/c1-13-6-7-14(2)17(9-13)20-18(23)12-21(15(3)22)11-16-5-4-8-19-10-16/h4-10H,11-12H2,1-3H3,(H,20,23). The molecule has 0 radical (unpaired) electrons. The number of aryl methyl sites for hydroxylation is 2. The van der Waals surface area contributed by atoms with Crippen LogP contribution in [0.4, 0.5) is 5.69 Å². The van der Waals surface area contributed by atoms with Crippen LogP contribution in [-0.2, 0) is 16.1 Å². The summed E-state index contributed by atoms with van der Waals surface area (Å²) >= 11 is 0. The zero-order valence-electron chi connectivity index (χ0n) is 13.7. The van der Waals surface area contributed by atoms with Crippen molar-refractivity contribution >= 4 is 17.5 Å². The highest BCUT2D eigenvalue weighted by atomic mass is 16.2. The minimum atomic E-state index is -0.210. The van der Waals surface area contributed by atoms with Crippen molar-refractivity contribution < 1.29 is 9.59 Å². The molecule has 0 fully saturated rings. The van der Waals surface area contributed by atoms with Crippen molar-refractivity contribution in [2.24, 2.45) is 0 Å². The minimum absolute atomic E-state index is 0.0115. The van der Waals surface area contributed by atoms with E-state index >= 15 is 0 Å². The molecule has 23 heavy (non-hydrogen) atoms. The smallest absolute Gasteiger partial charge is 0.244 e. The Morgan fingerprint density at radius 1 is 1.22 bits per heavy atom. The number of nitrogens with one attached hydrogen (secondary N) is 1. The lowest BCUT2D eigenvalue weighted by Gasteiger charge is -2.21. The Morgan fingerprint density at radius 3 is 2.65 bits per heavy atom. The molecule has 0 aliphatic rings. The van der Waals surface area contributed by atoms with E-state index in [0.29, 0.717) is 6.54 Å². The number of nitrogens with zero attached hydrogens (tertiary/aromatic N) is 2. The van der Waals surface area contributed by atoms with Gasteiger partial charge >= 0.3 is 0 Å². The zero-order valence-corrected chi connectivity index (χ0v) is 13.7. The number of pyridine rings is 1. The van der Waals surface area contributed by atoms with Crippen LogP contribution in [0, 0.1) is 13.8 Å². The summed E-state index contributed by atoms with van der Waals surface area (Å²) in [5.41, 5.74) is 3.73. The highest BCUT2D eigenvalue weighted by Gasteiger charge is 2.15. The average Bonchev–Trinajstić information content (AvgIpc) is 2.51. The van der Waals surface area contributed by atoms with Crippen molar-refractivity contribution in [3.8, 4) is 0 Å². The SMILES string of the molecule is CC(=O)N(CC(=O)Nc1cc(C)ccc1C)Cc1cccnc1. The van der Waals surface area contributed by atoms with Crippen molar-refractivity contribution in [2.45, 2.75) is 27.3 Å². The summed E-state index contributed by atoms with van der Waals surface area (Å²) < 4.78 is 0. The van der Waals surface area contributed by atoms with Gasteiger partial charge in [-0.2, -0.15) is 0 Å². The highest BCUT2D eigenvalue weighted by Crippen LogP contribution is 2.16. The van der Waals surface area contributed by atoms with Crippen LogP contribution in [0.25, 0.3) is 0 Å². The van der Waals surface area contributed by atoms with Crippen LogP contribution < -0.4 is 5.32 Å². The molecule has 0 bridgehead atoms. The molecule has 1 aromatic heterocycles. The quantitative estimate of drug-likeness (QED) is 0.923. The van der Waals surface area contributed by atoms with Gasteiger partial charge < -0.3 is 10.2 Å². The van der Waals surface area contributed by atoms with Gasteiger partial charge in [0.25, 0.3) is 0 Å². The summed E-state index contributed by atoms with van der Waals surface area (Å²) in [6.07, 6.45) is 3.37. The zero-order chi connectivity index (χ0) is 16.8. The van der Waals surface area contributed by atoms with Crippen LogP contribution in [-0.4, -0.2) is 28.2 Å². The van der Waals surface area contributed by atoms with Crippen LogP contribution in [0.2, 0.25) is 0 Å². The molecule has 0 aliphatic carbocycles. The third-order valence-corrected chi connectivity index (χ3v) is 3.54. The predicted molar refractivity (Wildman–Crippen MR) is 89.9 cm³/mol. The number of carbonyl (C=O) groups excluding carboxylic acids is 2. The van der Waals surface area contributed by atoms with Crippen LogP contribution in [0.15, 0.2) is 42.7 Å². The van der Waals surface area contributed by atoms with Gasteiger partial charge in [-0.3, -0.25) is 14.6 Å². The Labute approximate surface area is 136 Å². The molecule has 0 saturated carbocycles. The van der Waals surface area contributed by atoms with Crippen molar-refractivity contribution in [2.75, 3.05) is 11.9 Å². The molecule has 5 heteroatoms. The molecule has 120 valence electrons. The van der Waals surface area contributed by atoms with Gasteiger partial charge in [-0.15, -0.1) is 0 Å². The molecule has 1 aromatic carbocycles. The molecule has 1 N–H and O–H groups in total. The molecule has 1 heterocycles. The lowest BCUT2D eigenvalue weighted by molar-refractivity contribution is -0.133. The normalized spacial score (nSPS) is 10.2. The number of aromatic nitrogens is 1. The first-order valence-corrected chi connectivity index (χ1v) is 7.47. The summed E-state index contributed by atoms with van der Waals surface area (Å²) in [6.45, 7) is 5.75. The third kappa shape index (κ3) is 4.92. The van der Waals surface area contributed by atoms with Crippen LogP contribution in [0.5, 0.6) is 0 Å². The topological polar surface area (TPSA) is 62.3 Å². The highest BCUT2D eigenvalue weighted by molar-refractivity contribution is 5.94. The molecule has 2 rings (SSSR count). The average molecular weight is 311 g/mol. The number of rotatable bonds is 5. The van der Waals surface area contributed by atoms with E-state index in [1.54, 1.807) is 12.4 Å². The fraction of sp³-hybridized carbons (Fsp3) is 0.278. The van der Waals surface area contributed by atoms with E-state index in [9.17, 15) is 9.59 Å². The number of anilines is 1. The largest absolute Gasteiger partial charge is 0.329 e. The maximum atomic E-state index is 12.3. The first kappa shape index (κ1) is 16.7. The second-order valence-corrected chi connectivity index (χ2v) is 5.60. The van der Waals surface area contributed by atoms with E-state index in [1.165, 1.54) is 11.8 Å². The number of carbonyl (C=O) groups is 2. The second-order valence-electron chi connectivity index (χ2n) is 5.60. The molecule has 5 nitrogen and oxygen atoms in total. The van der Waals surface area contributed by atoms with Crippen LogP contribution >= 0.6 is 0 Å². The number of hydrogen-bond donors (Lipinski definition) is 1. The first-order chi connectivity index (χ1) is 11.0. The van der Waals surface area contributed by atoms with Gasteiger partial charge in [0.15, 0.2) is 0 Å². The maximum Gasteiger partial charge on any atom is 0.244 e. The lowest BCUT2D eigenvalue weighted by atomic mass is 10.1.